The zero-order chi connectivity index (χ0) is 11.5. The first-order valence-electron chi connectivity index (χ1n) is 5.19. The standard InChI is InChI=1S/C11H14ClFN2S/c1-16-3-2-7-6-14-10-4-8(12)9(13)5-11(10)15-7/h4-5,7,14-15H,2-3,6H2,1H3. The molecule has 2 nitrogen and oxygen atoms in total. The van der Waals surface area contributed by atoms with Crippen molar-refractivity contribution in [2.45, 2.75) is 12.5 Å². The summed E-state index contributed by atoms with van der Waals surface area (Å²) >= 11 is 7.54. The monoisotopic (exact) mass is 260 g/mol. The summed E-state index contributed by atoms with van der Waals surface area (Å²) in [5.74, 6) is 0.727. The lowest BCUT2D eigenvalue weighted by atomic mass is 10.1. The molecular formula is C11H14ClFN2S. The zero-order valence-electron chi connectivity index (χ0n) is 9.02. The highest BCUT2D eigenvalue weighted by Crippen LogP contribution is 2.31. The van der Waals surface area contributed by atoms with E-state index in [4.69, 9.17) is 11.6 Å². The second kappa shape index (κ2) is 5.15. The summed E-state index contributed by atoms with van der Waals surface area (Å²) in [6.07, 6.45) is 3.15. The van der Waals surface area contributed by atoms with Gasteiger partial charge in [-0.3, -0.25) is 0 Å². The molecule has 1 aromatic carbocycles. The number of benzene rings is 1. The van der Waals surface area contributed by atoms with Crippen LogP contribution >= 0.6 is 23.4 Å². The van der Waals surface area contributed by atoms with Crippen LogP contribution in [0.1, 0.15) is 6.42 Å². The summed E-state index contributed by atoms with van der Waals surface area (Å²) in [6, 6.07) is 3.44. The van der Waals surface area contributed by atoms with E-state index in [0.717, 1.165) is 30.1 Å². The first-order chi connectivity index (χ1) is 7.70. The Morgan fingerprint density at radius 2 is 2.31 bits per heavy atom. The summed E-state index contributed by atoms with van der Waals surface area (Å²) in [4.78, 5) is 0. The number of hydrogen-bond acceptors (Lipinski definition) is 3. The minimum Gasteiger partial charge on any atom is -0.381 e. The summed E-state index contributed by atoms with van der Waals surface area (Å²) in [5.41, 5.74) is 1.69. The summed E-state index contributed by atoms with van der Waals surface area (Å²) in [7, 11) is 0. The highest BCUT2D eigenvalue weighted by molar-refractivity contribution is 7.98. The van der Waals surface area contributed by atoms with Gasteiger partial charge in [0.1, 0.15) is 5.82 Å². The average molecular weight is 261 g/mol. The van der Waals surface area contributed by atoms with Crippen LogP contribution < -0.4 is 10.6 Å². The summed E-state index contributed by atoms with van der Waals surface area (Å²) in [5, 5.41) is 6.75. The molecule has 2 N–H and O–H groups in total. The largest absolute Gasteiger partial charge is 0.381 e. The van der Waals surface area contributed by atoms with Gasteiger partial charge in [0.15, 0.2) is 0 Å². The Bertz CT molecular complexity index is 386. The quantitative estimate of drug-likeness (QED) is 0.871. The lowest BCUT2D eigenvalue weighted by Gasteiger charge is -2.28. The molecule has 1 aliphatic rings. The van der Waals surface area contributed by atoms with Gasteiger partial charge in [-0.05, 0) is 24.5 Å². The van der Waals surface area contributed by atoms with E-state index in [0.29, 0.717) is 6.04 Å². The third kappa shape index (κ3) is 2.55. The molecule has 0 aromatic heterocycles. The molecule has 0 aliphatic carbocycles. The first kappa shape index (κ1) is 11.9. The molecule has 1 aliphatic heterocycles. The SMILES string of the molecule is CSCCC1CNc2cc(Cl)c(F)cc2N1. The van der Waals surface area contributed by atoms with Crippen molar-refractivity contribution in [2.75, 3.05) is 29.2 Å². The number of fused-ring (bicyclic) bond motifs is 1. The van der Waals surface area contributed by atoms with E-state index in [1.54, 1.807) is 6.07 Å². The minimum absolute atomic E-state index is 0.163. The van der Waals surface area contributed by atoms with Crippen LogP contribution in [0, 0.1) is 5.82 Å². The van der Waals surface area contributed by atoms with Crippen LogP contribution in [0.15, 0.2) is 12.1 Å². The third-order valence-corrected chi connectivity index (χ3v) is 3.56. The van der Waals surface area contributed by atoms with E-state index in [1.165, 1.54) is 6.07 Å². The Kier molecular flexibility index (Phi) is 3.82. The number of nitrogens with one attached hydrogen (secondary N) is 2. The van der Waals surface area contributed by atoms with Gasteiger partial charge in [-0.25, -0.2) is 4.39 Å². The molecule has 0 radical (unpaired) electrons. The smallest absolute Gasteiger partial charge is 0.143 e. The van der Waals surface area contributed by atoms with Crippen molar-refractivity contribution in [1.82, 2.24) is 0 Å². The fraction of sp³-hybridized carbons (Fsp3) is 0.455. The van der Waals surface area contributed by atoms with E-state index < -0.39 is 0 Å². The Morgan fingerprint density at radius 1 is 1.50 bits per heavy atom. The van der Waals surface area contributed by atoms with Crippen LogP contribution in [-0.2, 0) is 0 Å². The van der Waals surface area contributed by atoms with Gasteiger partial charge in [0.05, 0.1) is 16.4 Å². The van der Waals surface area contributed by atoms with E-state index >= 15 is 0 Å². The van der Waals surface area contributed by atoms with Crippen LogP contribution in [0.5, 0.6) is 0 Å². The van der Waals surface area contributed by atoms with Crippen LogP contribution in [0.3, 0.4) is 0 Å². The number of hydrogen-bond donors (Lipinski definition) is 2. The highest BCUT2D eigenvalue weighted by Gasteiger charge is 2.18. The van der Waals surface area contributed by atoms with Gasteiger partial charge in [-0.15, -0.1) is 0 Å². The van der Waals surface area contributed by atoms with Crippen molar-refractivity contribution in [3.8, 4) is 0 Å². The maximum absolute atomic E-state index is 13.3. The van der Waals surface area contributed by atoms with Gasteiger partial charge in [-0.2, -0.15) is 11.8 Å². The maximum atomic E-state index is 13.3. The van der Waals surface area contributed by atoms with Crippen molar-refractivity contribution in [2.24, 2.45) is 0 Å². The molecule has 1 aromatic rings. The van der Waals surface area contributed by atoms with Gasteiger partial charge < -0.3 is 10.6 Å². The Labute approximate surface area is 104 Å². The predicted molar refractivity (Wildman–Crippen MR) is 70.3 cm³/mol. The van der Waals surface area contributed by atoms with E-state index in [9.17, 15) is 4.39 Å². The molecule has 1 heterocycles. The van der Waals surface area contributed by atoms with Crippen LogP contribution in [0.4, 0.5) is 15.8 Å². The molecule has 0 saturated heterocycles. The van der Waals surface area contributed by atoms with E-state index in [2.05, 4.69) is 16.9 Å². The summed E-state index contributed by atoms with van der Waals surface area (Å²) < 4.78 is 13.3. The second-order valence-corrected chi connectivity index (χ2v) is 5.21. The molecule has 0 saturated carbocycles. The van der Waals surface area contributed by atoms with Gasteiger partial charge in [0, 0.05) is 18.7 Å². The molecular weight excluding hydrogens is 247 g/mol. The molecule has 0 amide bonds. The lowest BCUT2D eigenvalue weighted by Crippen LogP contribution is -2.33. The van der Waals surface area contributed by atoms with E-state index in [1.807, 2.05) is 11.8 Å². The average Bonchev–Trinajstić information content (AvgIpc) is 2.28. The van der Waals surface area contributed by atoms with Crippen LogP contribution in [0.25, 0.3) is 0 Å². The number of thioether (sulfide) groups is 1. The Balaban J connectivity index is 2.11. The van der Waals surface area contributed by atoms with Crippen molar-refractivity contribution < 1.29 is 4.39 Å². The zero-order valence-corrected chi connectivity index (χ0v) is 10.6. The molecule has 5 heteroatoms. The second-order valence-electron chi connectivity index (χ2n) is 3.82. The number of halogens is 2. The Hall–Kier alpha value is -0.610. The fourth-order valence-electron chi connectivity index (χ4n) is 1.75. The van der Waals surface area contributed by atoms with Crippen LogP contribution in [0.2, 0.25) is 5.02 Å². The maximum Gasteiger partial charge on any atom is 0.143 e. The normalized spacial score (nSPS) is 18.6. The Morgan fingerprint density at radius 3 is 3.06 bits per heavy atom. The molecule has 0 fully saturated rings. The van der Waals surface area contributed by atoms with Crippen molar-refractivity contribution in [3.05, 3.63) is 23.0 Å². The lowest BCUT2D eigenvalue weighted by molar-refractivity contribution is 0.626. The molecule has 1 atom stereocenters. The van der Waals surface area contributed by atoms with Crippen molar-refractivity contribution >= 4 is 34.7 Å². The topological polar surface area (TPSA) is 24.1 Å². The number of rotatable bonds is 3. The minimum atomic E-state index is -0.375. The molecule has 2 rings (SSSR count). The fourth-order valence-corrected chi connectivity index (χ4v) is 2.43. The molecule has 0 bridgehead atoms. The van der Waals surface area contributed by atoms with Gasteiger partial charge in [0.25, 0.3) is 0 Å². The van der Waals surface area contributed by atoms with Crippen molar-refractivity contribution in [3.63, 3.8) is 0 Å². The highest BCUT2D eigenvalue weighted by atomic mass is 35.5. The molecule has 0 spiro atoms. The first-order valence-corrected chi connectivity index (χ1v) is 6.96. The number of anilines is 2. The summed E-state index contributed by atoms with van der Waals surface area (Å²) in [6.45, 7) is 0.857. The molecule has 1 unspecified atom stereocenters. The predicted octanol–water partition coefficient (Wildman–Crippen LogP) is 3.44. The third-order valence-electron chi connectivity index (χ3n) is 2.63. The van der Waals surface area contributed by atoms with Crippen LogP contribution in [-0.4, -0.2) is 24.6 Å². The molecule has 16 heavy (non-hydrogen) atoms. The van der Waals surface area contributed by atoms with Gasteiger partial charge in [0.2, 0.25) is 0 Å². The van der Waals surface area contributed by atoms with Gasteiger partial charge in [-0.1, -0.05) is 11.6 Å². The van der Waals surface area contributed by atoms with Crippen molar-refractivity contribution in [1.29, 1.82) is 0 Å². The van der Waals surface area contributed by atoms with Gasteiger partial charge >= 0.3 is 0 Å². The molecule has 88 valence electrons. The van der Waals surface area contributed by atoms with E-state index in [-0.39, 0.29) is 10.8 Å².